The molecule has 0 saturated heterocycles. The number of aryl methyl sites for hydroxylation is 1. The van der Waals surface area contributed by atoms with Gasteiger partial charge in [0.2, 0.25) is 11.8 Å². The van der Waals surface area contributed by atoms with Crippen molar-refractivity contribution in [2.75, 3.05) is 10.8 Å². The summed E-state index contributed by atoms with van der Waals surface area (Å²) >= 11 is 1.12. The molecule has 0 bridgehead atoms. The smallest absolute Gasteiger partial charge is 0.277 e. The largest absolute Gasteiger partial charge is 0.411 e. The van der Waals surface area contributed by atoms with Gasteiger partial charge in [0.1, 0.15) is 5.84 Å². The summed E-state index contributed by atoms with van der Waals surface area (Å²) in [4.78, 5) is 24.3. The van der Waals surface area contributed by atoms with E-state index in [0.29, 0.717) is 22.6 Å². The predicted octanol–water partition coefficient (Wildman–Crippen LogP) is 3.00. The van der Waals surface area contributed by atoms with Crippen LogP contribution in [-0.2, 0) is 9.59 Å². The highest BCUT2D eigenvalue weighted by Gasteiger charge is 2.26. The van der Waals surface area contributed by atoms with E-state index in [1.54, 1.807) is 12.1 Å². The molecule has 2 aromatic carbocycles. The number of hydrogen-bond donors (Lipinski definition) is 1. The number of benzene rings is 2. The molecule has 29 heavy (non-hydrogen) atoms. The maximum Gasteiger partial charge on any atom is 0.277 e. The molecule has 1 aromatic heterocycles. The Morgan fingerprint density at radius 1 is 1.14 bits per heavy atom. The van der Waals surface area contributed by atoms with Crippen molar-refractivity contribution < 1.29 is 14.0 Å². The fourth-order valence-electron chi connectivity index (χ4n) is 2.68. The van der Waals surface area contributed by atoms with Crippen LogP contribution >= 0.6 is 11.8 Å². The second kappa shape index (κ2) is 8.27. The summed E-state index contributed by atoms with van der Waals surface area (Å²) in [5.74, 6) is 0.284. The highest BCUT2D eigenvalue weighted by Crippen LogP contribution is 2.23. The maximum atomic E-state index is 12.2. The Morgan fingerprint density at radius 3 is 2.66 bits per heavy atom. The van der Waals surface area contributed by atoms with Gasteiger partial charge in [-0.3, -0.25) is 9.59 Å². The molecule has 0 spiro atoms. The van der Waals surface area contributed by atoms with Gasteiger partial charge >= 0.3 is 0 Å². The summed E-state index contributed by atoms with van der Waals surface area (Å²) in [5, 5.41) is 16.4. The number of anilines is 1. The van der Waals surface area contributed by atoms with Gasteiger partial charge in [-0.2, -0.15) is 10.1 Å². The van der Waals surface area contributed by atoms with Crippen molar-refractivity contribution in [1.82, 2.24) is 15.5 Å². The van der Waals surface area contributed by atoms with E-state index in [2.05, 4.69) is 20.6 Å². The number of aromatic nitrogens is 2. The SMILES string of the molecule is Cc1ccc(-c2nnc(SCC(=O)NC3=NN(c4ccccc4)C(=O)C3)o2)cc1. The molecule has 1 N–H and O–H groups in total. The quantitative estimate of drug-likeness (QED) is 0.653. The van der Waals surface area contributed by atoms with E-state index in [9.17, 15) is 9.59 Å². The first-order valence-electron chi connectivity index (χ1n) is 8.87. The molecule has 2 heterocycles. The summed E-state index contributed by atoms with van der Waals surface area (Å²) in [5.41, 5.74) is 2.61. The third-order valence-corrected chi connectivity index (χ3v) is 4.91. The second-order valence-corrected chi connectivity index (χ2v) is 7.27. The van der Waals surface area contributed by atoms with Crippen molar-refractivity contribution in [2.24, 2.45) is 5.10 Å². The molecule has 0 saturated carbocycles. The average Bonchev–Trinajstić information content (AvgIpc) is 3.34. The fourth-order valence-corrected chi connectivity index (χ4v) is 3.24. The Kier molecular flexibility index (Phi) is 5.39. The van der Waals surface area contributed by atoms with E-state index < -0.39 is 0 Å². The van der Waals surface area contributed by atoms with Crippen LogP contribution in [0, 0.1) is 6.92 Å². The normalized spacial score (nSPS) is 13.5. The predicted molar refractivity (Wildman–Crippen MR) is 109 cm³/mol. The van der Waals surface area contributed by atoms with E-state index in [1.165, 1.54) is 5.01 Å². The lowest BCUT2D eigenvalue weighted by Crippen LogP contribution is -2.31. The first kappa shape index (κ1) is 18.9. The highest BCUT2D eigenvalue weighted by molar-refractivity contribution is 7.99. The summed E-state index contributed by atoms with van der Waals surface area (Å²) in [6.07, 6.45) is 0.0451. The molecule has 0 unspecified atom stereocenters. The maximum absolute atomic E-state index is 12.2. The zero-order valence-electron chi connectivity index (χ0n) is 15.5. The Morgan fingerprint density at radius 2 is 1.90 bits per heavy atom. The number of thioether (sulfide) groups is 1. The van der Waals surface area contributed by atoms with Gasteiger partial charge in [-0.15, -0.1) is 10.2 Å². The Balaban J connectivity index is 1.33. The first-order chi connectivity index (χ1) is 14.1. The molecule has 0 radical (unpaired) electrons. The minimum Gasteiger partial charge on any atom is -0.411 e. The Hall–Kier alpha value is -3.46. The van der Waals surface area contributed by atoms with Crippen LogP contribution in [0.25, 0.3) is 11.5 Å². The topological polar surface area (TPSA) is 101 Å². The number of hydrazone groups is 1. The molecule has 0 aliphatic carbocycles. The van der Waals surface area contributed by atoms with Crippen molar-refractivity contribution in [3.05, 3.63) is 60.2 Å². The molecule has 4 rings (SSSR count). The van der Waals surface area contributed by atoms with Crippen molar-refractivity contribution in [3.63, 3.8) is 0 Å². The average molecular weight is 407 g/mol. The number of rotatable bonds is 5. The Labute approximate surface area is 171 Å². The van der Waals surface area contributed by atoms with Crippen LogP contribution in [0.5, 0.6) is 0 Å². The minimum atomic E-state index is -0.299. The minimum absolute atomic E-state index is 0.0451. The number of carbonyl (C=O) groups is 2. The zero-order valence-corrected chi connectivity index (χ0v) is 16.3. The molecule has 0 fully saturated rings. The van der Waals surface area contributed by atoms with E-state index >= 15 is 0 Å². The van der Waals surface area contributed by atoms with Crippen LogP contribution in [-0.4, -0.2) is 33.6 Å². The van der Waals surface area contributed by atoms with Crippen LogP contribution in [0.3, 0.4) is 0 Å². The van der Waals surface area contributed by atoms with Crippen molar-refractivity contribution in [2.45, 2.75) is 18.6 Å². The third-order valence-electron chi connectivity index (χ3n) is 4.09. The molecular weight excluding hydrogens is 390 g/mol. The highest BCUT2D eigenvalue weighted by atomic mass is 32.2. The molecule has 9 heteroatoms. The van der Waals surface area contributed by atoms with E-state index in [0.717, 1.165) is 22.9 Å². The lowest BCUT2D eigenvalue weighted by atomic mass is 10.1. The summed E-state index contributed by atoms with van der Waals surface area (Å²) in [6, 6.07) is 16.8. The van der Waals surface area contributed by atoms with Crippen molar-refractivity contribution >= 4 is 35.1 Å². The molecule has 0 atom stereocenters. The second-order valence-electron chi connectivity index (χ2n) is 6.34. The number of nitrogens with zero attached hydrogens (tertiary/aromatic N) is 4. The van der Waals surface area contributed by atoms with Gasteiger partial charge in [0.15, 0.2) is 0 Å². The molecule has 8 nitrogen and oxygen atoms in total. The molecule has 3 aromatic rings. The van der Waals surface area contributed by atoms with E-state index in [1.807, 2.05) is 49.4 Å². The number of carbonyl (C=O) groups excluding carboxylic acids is 2. The summed E-state index contributed by atoms with van der Waals surface area (Å²) in [6.45, 7) is 2.00. The van der Waals surface area contributed by atoms with E-state index in [4.69, 9.17) is 4.42 Å². The van der Waals surface area contributed by atoms with Gasteiger partial charge in [0, 0.05) is 5.56 Å². The molecule has 2 amide bonds. The van der Waals surface area contributed by atoms with Gasteiger partial charge in [0.05, 0.1) is 17.9 Å². The number of hydrogen-bond acceptors (Lipinski definition) is 7. The molecule has 1 aliphatic heterocycles. The zero-order chi connectivity index (χ0) is 20.2. The lowest BCUT2D eigenvalue weighted by Gasteiger charge is -2.10. The lowest BCUT2D eigenvalue weighted by molar-refractivity contribution is -0.117. The van der Waals surface area contributed by atoms with Crippen LogP contribution in [0.2, 0.25) is 0 Å². The van der Waals surface area contributed by atoms with Gasteiger partial charge < -0.3 is 9.73 Å². The summed E-state index contributed by atoms with van der Waals surface area (Å²) < 4.78 is 5.59. The summed E-state index contributed by atoms with van der Waals surface area (Å²) in [7, 11) is 0. The number of para-hydroxylation sites is 1. The monoisotopic (exact) mass is 407 g/mol. The number of amides is 2. The standard InChI is InChI=1S/C20H17N5O3S/c1-13-7-9-14(10-8-13)19-22-23-20(28-19)29-12-17(26)21-16-11-18(27)25(24-16)15-5-3-2-4-6-15/h2-10H,11-12H2,1H3,(H,21,24,26). The Bertz CT molecular complexity index is 1060. The van der Waals surface area contributed by atoms with Crippen molar-refractivity contribution in [1.29, 1.82) is 0 Å². The van der Waals surface area contributed by atoms with E-state index in [-0.39, 0.29) is 24.0 Å². The molecule has 1 aliphatic rings. The first-order valence-corrected chi connectivity index (χ1v) is 9.86. The van der Waals surface area contributed by atoms with Crippen LogP contribution in [0.4, 0.5) is 5.69 Å². The van der Waals surface area contributed by atoms with Gasteiger partial charge in [0.25, 0.3) is 11.1 Å². The van der Waals surface area contributed by atoms with Crippen LogP contribution in [0.1, 0.15) is 12.0 Å². The van der Waals surface area contributed by atoms with Crippen molar-refractivity contribution in [3.8, 4) is 11.5 Å². The number of nitrogens with one attached hydrogen (secondary N) is 1. The van der Waals surface area contributed by atoms with Crippen LogP contribution in [0.15, 0.2) is 69.3 Å². The van der Waals surface area contributed by atoms with Gasteiger partial charge in [-0.1, -0.05) is 47.7 Å². The van der Waals surface area contributed by atoms with Gasteiger partial charge in [-0.25, -0.2) is 0 Å². The molecule has 146 valence electrons. The van der Waals surface area contributed by atoms with Crippen LogP contribution < -0.4 is 10.3 Å². The number of amidine groups is 1. The third kappa shape index (κ3) is 4.52. The fraction of sp³-hybridized carbons (Fsp3) is 0.150. The van der Waals surface area contributed by atoms with Gasteiger partial charge in [-0.05, 0) is 31.2 Å². The molecular formula is C20H17N5O3S.